The van der Waals surface area contributed by atoms with Crippen molar-refractivity contribution in [2.75, 3.05) is 12.3 Å². The molecule has 0 fully saturated rings. The van der Waals surface area contributed by atoms with Crippen LogP contribution in [0.3, 0.4) is 0 Å². The average molecular weight is 531 g/mol. The lowest BCUT2D eigenvalue weighted by Gasteiger charge is -2.24. The van der Waals surface area contributed by atoms with Crippen molar-refractivity contribution in [3.05, 3.63) is 76.8 Å². The molecule has 0 aliphatic carbocycles. The van der Waals surface area contributed by atoms with Gasteiger partial charge in [-0.1, -0.05) is 30.3 Å². The van der Waals surface area contributed by atoms with Gasteiger partial charge in [-0.15, -0.1) is 11.3 Å². The van der Waals surface area contributed by atoms with Crippen LogP contribution in [0.4, 0.5) is 5.13 Å². The highest BCUT2D eigenvalue weighted by atomic mass is 32.2. The summed E-state index contributed by atoms with van der Waals surface area (Å²) < 4.78 is 33.3. The molecule has 11 heteroatoms. The van der Waals surface area contributed by atoms with Gasteiger partial charge in [0.25, 0.3) is 5.91 Å². The smallest absolute Gasteiger partial charge is 0.326 e. The number of rotatable bonds is 10. The van der Waals surface area contributed by atoms with E-state index in [1.54, 1.807) is 51.1 Å². The fourth-order valence-corrected chi connectivity index (χ4v) is 5.03. The molecule has 0 spiro atoms. The van der Waals surface area contributed by atoms with Crippen molar-refractivity contribution in [3.8, 4) is 0 Å². The van der Waals surface area contributed by atoms with Gasteiger partial charge in [-0.25, -0.2) is 13.4 Å². The van der Waals surface area contributed by atoms with Crippen LogP contribution >= 0.6 is 11.3 Å². The number of nitrogens with zero attached hydrogens (tertiary/aromatic N) is 1. The maximum Gasteiger partial charge on any atom is 0.326 e. The summed E-state index contributed by atoms with van der Waals surface area (Å²) in [4.78, 5) is 29.7. The lowest BCUT2D eigenvalue weighted by molar-refractivity contribution is -0.156. The first-order valence-electron chi connectivity index (χ1n) is 11.3. The Morgan fingerprint density at radius 3 is 2.31 bits per heavy atom. The fourth-order valence-electron chi connectivity index (χ4n) is 3.23. The van der Waals surface area contributed by atoms with Crippen molar-refractivity contribution >= 4 is 38.4 Å². The van der Waals surface area contributed by atoms with Crippen LogP contribution in [-0.4, -0.2) is 43.5 Å². The molecule has 192 valence electrons. The number of benzene rings is 2. The largest absolute Gasteiger partial charge is 0.459 e. The van der Waals surface area contributed by atoms with Gasteiger partial charge < -0.3 is 15.8 Å². The van der Waals surface area contributed by atoms with Crippen molar-refractivity contribution in [2.24, 2.45) is 0 Å². The zero-order valence-corrected chi connectivity index (χ0v) is 22.0. The van der Waals surface area contributed by atoms with Crippen LogP contribution in [0.5, 0.6) is 0 Å². The molecule has 36 heavy (non-hydrogen) atoms. The van der Waals surface area contributed by atoms with Crippen LogP contribution in [0.15, 0.2) is 64.9 Å². The number of esters is 1. The first-order valence-corrected chi connectivity index (χ1v) is 13.7. The number of ether oxygens (including phenoxy) is 1. The second-order valence-corrected chi connectivity index (χ2v) is 11.7. The molecule has 2 aromatic carbocycles. The number of carbonyl (C=O) groups is 2. The van der Waals surface area contributed by atoms with Crippen LogP contribution in [0.25, 0.3) is 0 Å². The topological polar surface area (TPSA) is 140 Å². The molecule has 0 radical (unpaired) electrons. The van der Waals surface area contributed by atoms with Crippen LogP contribution < -0.4 is 15.8 Å². The molecule has 4 N–H and O–H groups in total. The Hall–Kier alpha value is -3.28. The standard InChI is InChI=1S/C25H30N4O5S2/c1-25(2,3)34-23(31)21(29-36(32,33)20-7-5-4-6-8-20)15-27-22(30)18-12-9-17(10-13-18)11-14-19-16-35-24(26)28-19/h4-10,12-13,16,21,29H,11,14-15H2,1-3H3,(H2,26,28)(H,27,30). The second kappa shape index (κ2) is 11.6. The molecule has 9 nitrogen and oxygen atoms in total. The number of carbonyl (C=O) groups excluding carboxylic acids is 2. The number of anilines is 1. The van der Waals surface area contributed by atoms with Crippen molar-refractivity contribution in [1.29, 1.82) is 0 Å². The first kappa shape index (κ1) is 27.3. The van der Waals surface area contributed by atoms with E-state index in [0.717, 1.165) is 24.1 Å². The minimum absolute atomic E-state index is 0.000752. The molecule has 1 aromatic heterocycles. The van der Waals surface area contributed by atoms with Crippen molar-refractivity contribution in [2.45, 2.75) is 50.2 Å². The first-order chi connectivity index (χ1) is 16.9. The van der Waals surface area contributed by atoms with Gasteiger partial charge in [0.15, 0.2) is 5.13 Å². The molecular formula is C25H30N4O5S2. The maximum absolute atomic E-state index is 12.8. The molecule has 1 atom stereocenters. The molecule has 0 aliphatic rings. The van der Waals surface area contributed by atoms with Gasteiger partial charge >= 0.3 is 5.97 Å². The van der Waals surface area contributed by atoms with Gasteiger partial charge in [-0.05, 0) is 63.4 Å². The fraction of sp³-hybridized carbons (Fsp3) is 0.320. The minimum Gasteiger partial charge on any atom is -0.459 e. The van der Waals surface area contributed by atoms with Gasteiger partial charge in [0.2, 0.25) is 10.0 Å². The molecule has 0 saturated carbocycles. The average Bonchev–Trinajstić information content (AvgIpc) is 3.25. The summed E-state index contributed by atoms with van der Waals surface area (Å²) >= 11 is 1.40. The van der Waals surface area contributed by atoms with E-state index in [4.69, 9.17) is 10.5 Å². The van der Waals surface area contributed by atoms with Crippen molar-refractivity contribution in [3.63, 3.8) is 0 Å². The second-order valence-electron chi connectivity index (χ2n) is 9.10. The zero-order chi connectivity index (χ0) is 26.3. The van der Waals surface area contributed by atoms with E-state index in [0.29, 0.717) is 10.7 Å². The quantitative estimate of drug-likeness (QED) is 0.342. The summed E-state index contributed by atoms with van der Waals surface area (Å²) in [6.45, 7) is 4.75. The zero-order valence-electron chi connectivity index (χ0n) is 20.4. The van der Waals surface area contributed by atoms with E-state index in [-0.39, 0.29) is 11.4 Å². The molecule has 1 amide bonds. The number of hydrogen-bond donors (Lipinski definition) is 3. The molecular weight excluding hydrogens is 500 g/mol. The Bertz CT molecular complexity index is 1280. The van der Waals surface area contributed by atoms with Gasteiger partial charge in [0, 0.05) is 17.5 Å². The monoisotopic (exact) mass is 530 g/mol. The number of nitrogen functional groups attached to an aromatic ring is 1. The van der Waals surface area contributed by atoms with E-state index in [1.165, 1.54) is 23.5 Å². The number of aromatic nitrogens is 1. The number of hydrogen-bond acceptors (Lipinski definition) is 8. The van der Waals surface area contributed by atoms with E-state index in [9.17, 15) is 18.0 Å². The SMILES string of the molecule is CC(C)(C)OC(=O)C(CNC(=O)c1ccc(CCc2csc(N)n2)cc1)NS(=O)(=O)c1ccccc1. The third-order valence-corrected chi connectivity index (χ3v) is 7.17. The molecule has 3 rings (SSSR count). The number of thiazole rings is 1. The summed E-state index contributed by atoms with van der Waals surface area (Å²) in [5.41, 5.74) is 7.15. The lowest BCUT2D eigenvalue weighted by atomic mass is 10.1. The van der Waals surface area contributed by atoms with Gasteiger partial charge in [-0.3, -0.25) is 9.59 Å². The third-order valence-electron chi connectivity index (χ3n) is 4.96. The van der Waals surface area contributed by atoms with E-state index in [1.807, 2.05) is 17.5 Å². The highest BCUT2D eigenvalue weighted by Crippen LogP contribution is 2.15. The number of amides is 1. The molecule has 0 bridgehead atoms. The highest BCUT2D eigenvalue weighted by Gasteiger charge is 2.30. The van der Waals surface area contributed by atoms with Gasteiger partial charge in [-0.2, -0.15) is 4.72 Å². The molecule has 0 saturated heterocycles. The Morgan fingerprint density at radius 2 is 1.72 bits per heavy atom. The number of nitrogens with one attached hydrogen (secondary N) is 2. The molecule has 0 aliphatic heterocycles. The van der Waals surface area contributed by atoms with Crippen LogP contribution in [0.1, 0.15) is 42.4 Å². The maximum atomic E-state index is 12.8. The summed E-state index contributed by atoms with van der Waals surface area (Å²) in [6.07, 6.45) is 1.48. The molecule has 3 aromatic rings. The van der Waals surface area contributed by atoms with E-state index < -0.39 is 33.5 Å². The number of nitrogens with two attached hydrogens (primary N) is 1. The highest BCUT2D eigenvalue weighted by molar-refractivity contribution is 7.89. The Balaban J connectivity index is 1.64. The molecule has 1 heterocycles. The summed E-state index contributed by atoms with van der Waals surface area (Å²) in [6, 6.07) is 13.4. The Labute approximate surface area is 215 Å². The lowest BCUT2D eigenvalue weighted by Crippen LogP contribution is -2.50. The third kappa shape index (κ3) is 8.14. The number of sulfonamides is 1. The van der Waals surface area contributed by atoms with Crippen molar-refractivity contribution in [1.82, 2.24) is 15.0 Å². The Morgan fingerprint density at radius 1 is 1.06 bits per heavy atom. The van der Waals surface area contributed by atoms with Gasteiger partial charge in [0.1, 0.15) is 11.6 Å². The summed E-state index contributed by atoms with van der Waals surface area (Å²) in [5.74, 6) is -1.23. The van der Waals surface area contributed by atoms with Crippen LogP contribution in [-0.2, 0) is 32.4 Å². The van der Waals surface area contributed by atoms with Gasteiger partial charge in [0.05, 0.1) is 10.6 Å². The van der Waals surface area contributed by atoms with E-state index >= 15 is 0 Å². The predicted molar refractivity (Wildman–Crippen MR) is 139 cm³/mol. The van der Waals surface area contributed by atoms with Crippen LogP contribution in [0, 0.1) is 0 Å². The predicted octanol–water partition coefficient (Wildman–Crippen LogP) is 2.93. The normalized spacial score (nSPS) is 12.6. The summed E-state index contributed by atoms with van der Waals surface area (Å²) in [5, 5.41) is 5.09. The van der Waals surface area contributed by atoms with E-state index in [2.05, 4.69) is 15.0 Å². The summed E-state index contributed by atoms with van der Waals surface area (Å²) in [7, 11) is -4.02. The Kier molecular flexibility index (Phi) is 8.83. The van der Waals surface area contributed by atoms with Crippen molar-refractivity contribution < 1.29 is 22.7 Å². The minimum atomic E-state index is -4.02. The molecule has 1 unspecified atom stereocenters. The van der Waals surface area contributed by atoms with Crippen LogP contribution in [0.2, 0.25) is 0 Å². The number of aryl methyl sites for hydroxylation is 2.